The number of nitrogens with zero attached hydrogens (tertiary/aromatic N) is 1. The van der Waals surface area contributed by atoms with E-state index in [2.05, 4.69) is 11.5 Å². The lowest BCUT2D eigenvalue weighted by Crippen LogP contribution is -2.41. The predicted molar refractivity (Wildman–Crippen MR) is 66.9 cm³/mol. The second kappa shape index (κ2) is 7.45. The van der Waals surface area contributed by atoms with E-state index in [-0.39, 0.29) is 5.97 Å². The van der Waals surface area contributed by atoms with Crippen molar-refractivity contribution >= 4 is 5.97 Å². The van der Waals surface area contributed by atoms with Crippen LogP contribution in [0.4, 0.5) is 0 Å². The van der Waals surface area contributed by atoms with E-state index in [0.29, 0.717) is 24.8 Å². The first-order valence-electron chi connectivity index (χ1n) is 6.36. The molecule has 1 fully saturated rings. The summed E-state index contributed by atoms with van der Waals surface area (Å²) < 4.78 is 10.5. The van der Waals surface area contributed by atoms with Crippen LogP contribution in [0, 0.1) is 0 Å². The molecule has 0 amide bonds. The molecule has 1 saturated heterocycles. The van der Waals surface area contributed by atoms with Gasteiger partial charge in [0.25, 0.3) is 0 Å². The normalized spacial score (nSPS) is 21.2. The summed E-state index contributed by atoms with van der Waals surface area (Å²) in [6.45, 7) is 11.2. The minimum absolute atomic E-state index is 0.286. The SMILES string of the molecule is C=C(CN1CCCC(OCC)C1)C(=O)OCC. The van der Waals surface area contributed by atoms with Gasteiger partial charge in [-0.1, -0.05) is 6.58 Å². The van der Waals surface area contributed by atoms with Crippen molar-refractivity contribution in [3.8, 4) is 0 Å². The molecule has 98 valence electrons. The summed E-state index contributed by atoms with van der Waals surface area (Å²) in [6, 6.07) is 0. The van der Waals surface area contributed by atoms with Gasteiger partial charge in [0.15, 0.2) is 0 Å². The number of carbonyl (C=O) groups is 1. The van der Waals surface area contributed by atoms with Crippen LogP contribution in [-0.2, 0) is 14.3 Å². The number of carbonyl (C=O) groups excluding carboxylic acids is 1. The Labute approximate surface area is 104 Å². The molecule has 1 atom stereocenters. The highest BCUT2D eigenvalue weighted by Crippen LogP contribution is 2.14. The topological polar surface area (TPSA) is 38.8 Å². The highest BCUT2D eigenvalue weighted by atomic mass is 16.5. The summed E-state index contributed by atoms with van der Waals surface area (Å²) in [7, 11) is 0. The van der Waals surface area contributed by atoms with Crippen molar-refractivity contribution < 1.29 is 14.3 Å². The third-order valence-electron chi connectivity index (χ3n) is 2.84. The van der Waals surface area contributed by atoms with Crippen LogP contribution in [0.15, 0.2) is 12.2 Å². The van der Waals surface area contributed by atoms with Gasteiger partial charge in [0.1, 0.15) is 0 Å². The van der Waals surface area contributed by atoms with Crippen molar-refractivity contribution in [3.05, 3.63) is 12.2 Å². The summed E-state index contributed by atoms with van der Waals surface area (Å²) in [5, 5.41) is 0. The first kappa shape index (κ1) is 14.2. The second-order valence-corrected chi connectivity index (χ2v) is 4.28. The maximum atomic E-state index is 11.4. The Morgan fingerprint density at radius 1 is 1.41 bits per heavy atom. The quantitative estimate of drug-likeness (QED) is 0.523. The first-order valence-corrected chi connectivity index (χ1v) is 6.36. The van der Waals surface area contributed by atoms with Gasteiger partial charge in [0.05, 0.1) is 12.7 Å². The van der Waals surface area contributed by atoms with Crippen LogP contribution >= 0.6 is 0 Å². The number of hydrogen-bond donors (Lipinski definition) is 0. The lowest BCUT2D eigenvalue weighted by molar-refractivity contribution is -0.138. The average Bonchev–Trinajstić information content (AvgIpc) is 2.30. The molecule has 0 aromatic carbocycles. The van der Waals surface area contributed by atoms with E-state index in [1.54, 1.807) is 6.92 Å². The summed E-state index contributed by atoms with van der Waals surface area (Å²) >= 11 is 0. The molecule has 0 radical (unpaired) electrons. The third-order valence-corrected chi connectivity index (χ3v) is 2.84. The smallest absolute Gasteiger partial charge is 0.334 e. The van der Waals surface area contributed by atoms with Crippen molar-refractivity contribution in [3.63, 3.8) is 0 Å². The molecule has 1 rings (SSSR count). The zero-order chi connectivity index (χ0) is 12.7. The molecular formula is C13H23NO3. The Morgan fingerprint density at radius 2 is 2.18 bits per heavy atom. The Hall–Kier alpha value is -0.870. The summed E-state index contributed by atoms with van der Waals surface area (Å²) in [4.78, 5) is 13.7. The van der Waals surface area contributed by atoms with Crippen LogP contribution in [0.5, 0.6) is 0 Å². The van der Waals surface area contributed by atoms with Gasteiger partial charge >= 0.3 is 5.97 Å². The fourth-order valence-corrected chi connectivity index (χ4v) is 2.10. The molecule has 1 aliphatic rings. The van der Waals surface area contributed by atoms with Crippen molar-refractivity contribution in [2.24, 2.45) is 0 Å². The van der Waals surface area contributed by atoms with E-state index in [0.717, 1.165) is 32.5 Å². The first-order chi connectivity index (χ1) is 8.17. The zero-order valence-corrected chi connectivity index (χ0v) is 10.9. The van der Waals surface area contributed by atoms with Crippen molar-refractivity contribution in [1.29, 1.82) is 0 Å². The number of likely N-dealkylation sites (tertiary alicyclic amines) is 1. The van der Waals surface area contributed by atoms with Crippen LogP contribution in [0.3, 0.4) is 0 Å². The fraction of sp³-hybridized carbons (Fsp3) is 0.769. The molecule has 4 heteroatoms. The van der Waals surface area contributed by atoms with Crippen molar-refractivity contribution in [2.45, 2.75) is 32.8 Å². The standard InChI is InChI=1S/C13H23NO3/c1-4-16-12-7-6-8-14(10-12)9-11(3)13(15)17-5-2/h12H,3-10H2,1-2H3. The Kier molecular flexibility index (Phi) is 6.22. The van der Waals surface area contributed by atoms with Crippen LogP contribution in [-0.4, -0.2) is 49.8 Å². The average molecular weight is 241 g/mol. The van der Waals surface area contributed by atoms with E-state index in [9.17, 15) is 4.79 Å². The van der Waals surface area contributed by atoms with E-state index in [1.807, 2.05) is 6.92 Å². The molecule has 0 bridgehead atoms. The summed E-state index contributed by atoms with van der Waals surface area (Å²) in [5.74, 6) is -0.286. The molecule has 4 nitrogen and oxygen atoms in total. The predicted octanol–water partition coefficient (Wildman–Crippen LogP) is 1.61. The minimum Gasteiger partial charge on any atom is -0.463 e. The van der Waals surface area contributed by atoms with Gasteiger partial charge in [-0.25, -0.2) is 4.79 Å². The molecular weight excluding hydrogens is 218 g/mol. The van der Waals surface area contributed by atoms with E-state index < -0.39 is 0 Å². The largest absolute Gasteiger partial charge is 0.463 e. The molecule has 0 spiro atoms. The molecule has 17 heavy (non-hydrogen) atoms. The summed E-state index contributed by atoms with van der Waals surface area (Å²) in [6.07, 6.45) is 2.51. The van der Waals surface area contributed by atoms with Crippen LogP contribution in [0.1, 0.15) is 26.7 Å². The molecule has 0 aromatic rings. The molecule has 0 aromatic heterocycles. The maximum Gasteiger partial charge on any atom is 0.334 e. The number of rotatable bonds is 6. The van der Waals surface area contributed by atoms with Gasteiger partial charge in [0.2, 0.25) is 0 Å². The maximum absolute atomic E-state index is 11.4. The van der Waals surface area contributed by atoms with Crippen LogP contribution < -0.4 is 0 Å². The lowest BCUT2D eigenvalue weighted by Gasteiger charge is -2.32. The molecule has 1 heterocycles. The van der Waals surface area contributed by atoms with Crippen LogP contribution in [0.25, 0.3) is 0 Å². The second-order valence-electron chi connectivity index (χ2n) is 4.28. The lowest BCUT2D eigenvalue weighted by atomic mass is 10.1. The minimum atomic E-state index is -0.286. The molecule has 1 unspecified atom stereocenters. The molecule has 1 aliphatic heterocycles. The fourth-order valence-electron chi connectivity index (χ4n) is 2.10. The zero-order valence-electron chi connectivity index (χ0n) is 10.9. The van der Waals surface area contributed by atoms with Crippen LogP contribution in [0.2, 0.25) is 0 Å². The molecule has 0 N–H and O–H groups in total. The van der Waals surface area contributed by atoms with E-state index in [4.69, 9.17) is 9.47 Å². The third kappa shape index (κ3) is 4.88. The highest BCUT2D eigenvalue weighted by Gasteiger charge is 2.21. The molecule has 0 saturated carbocycles. The summed E-state index contributed by atoms with van der Waals surface area (Å²) in [5.41, 5.74) is 0.531. The highest BCUT2D eigenvalue weighted by molar-refractivity contribution is 5.88. The Balaban J connectivity index is 2.35. The van der Waals surface area contributed by atoms with Gasteiger partial charge in [-0.2, -0.15) is 0 Å². The van der Waals surface area contributed by atoms with Gasteiger partial charge in [0, 0.05) is 25.3 Å². The molecule has 0 aliphatic carbocycles. The Bertz CT molecular complexity index is 263. The van der Waals surface area contributed by atoms with Gasteiger partial charge in [-0.15, -0.1) is 0 Å². The number of piperidine rings is 1. The Morgan fingerprint density at radius 3 is 2.82 bits per heavy atom. The van der Waals surface area contributed by atoms with Gasteiger partial charge < -0.3 is 9.47 Å². The van der Waals surface area contributed by atoms with Gasteiger partial charge in [-0.05, 0) is 33.2 Å². The van der Waals surface area contributed by atoms with Crippen molar-refractivity contribution in [1.82, 2.24) is 4.90 Å². The number of hydrogen-bond acceptors (Lipinski definition) is 4. The monoisotopic (exact) mass is 241 g/mol. The van der Waals surface area contributed by atoms with E-state index in [1.165, 1.54) is 0 Å². The number of ether oxygens (including phenoxy) is 2. The van der Waals surface area contributed by atoms with E-state index >= 15 is 0 Å². The number of esters is 1. The van der Waals surface area contributed by atoms with Crippen molar-refractivity contribution in [2.75, 3.05) is 32.8 Å². The van der Waals surface area contributed by atoms with Gasteiger partial charge in [-0.3, -0.25) is 4.90 Å².